The highest BCUT2D eigenvalue weighted by molar-refractivity contribution is 5.19. The summed E-state index contributed by atoms with van der Waals surface area (Å²) in [5.41, 5.74) is 0.544. The first kappa shape index (κ1) is 7.80. The molecule has 11 heavy (non-hydrogen) atoms. The van der Waals surface area contributed by atoms with Crippen molar-refractivity contribution in [1.82, 2.24) is 15.0 Å². The third kappa shape index (κ3) is 1.58. The smallest absolute Gasteiger partial charge is 0.155 e. The van der Waals surface area contributed by atoms with E-state index in [9.17, 15) is 0 Å². The van der Waals surface area contributed by atoms with Crippen LogP contribution in [0, 0.1) is 12.3 Å². The van der Waals surface area contributed by atoms with Crippen molar-refractivity contribution >= 4 is 0 Å². The summed E-state index contributed by atoms with van der Waals surface area (Å²) in [6.45, 7) is 6.13. The molecular formula is C8H11N3. The minimum absolute atomic E-state index is 0.0396. The molecule has 0 bridgehead atoms. The fourth-order valence-corrected chi connectivity index (χ4v) is 0.658. The molecule has 0 aliphatic carbocycles. The van der Waals surface area contributed by atoms with Crippen LogP contribution in [0.2, 0.25) is 0 Å². The Labute approximate surface area is 66.4 Å². The molecule has 0 saturated heterocycles. The highest BCUT2D eigenvalue weighted by atomic mass is 15.4. The Bertz CT molecular complexity index is 285. The number of hydrogen-bond donors (Lipinski definition) is 0. The van der Waals surface area contributed by atoms with Crippen molar-refractivity contribution in [2.24, 2.45) is 0 Å². The molecule has 0 saturated carbocycles. The predicted octanol–water partition coefficient (Wildman–Crippen LogP) is 1.01. The topological polar surface area (TPSA) is 30.7 Å². The quantitative estimate of drug-likeness (QED) is 0.515. The van der Waals surface area contributed by atoms with Gasteiger partial charge in [-0.25, -0.2) is 4.68 Å². The normalized spacial score (nSPS) is 11.1. The summed E-state index contributed by atoms with van der Waals surface area (Å²) in [4.78, 5) is 0. The molecule has 0 atom stereocenters. The zero-order valence-corrected chi connectivity index (χ0v) is 7.00. The molecule has 1 aromatic heterocycles. The van der Waals surface area contributed by atoms with Gasteiger partial charge in [0, 0.05) is 0 Å². The maximum atomic E-state index is 5.14. The zero-order chi connectivity index (χ0) is 8.48. The first-order chi connectivity index (χ1) is 5.04. The van der Waals surface area contributed by atoms with Gasteiger partial charge in [-0.05, 0) is 26.7 Å². The predicted molar refractivity (Wildman–Crippen MR) is 43.0 cm³/mol. The number of aromatic nitrogens is 3. The molecule has 1 rings (SSSR count). The first-order valence-electron chi connectivity index (χ1n) is 3.43. The van der Waals surface area contributed by atoms with E-state index in [2.05, 4.69) is 16.2 Å². The minimum atomic E-state index is -0.0396. The van der Waals surface area contributed by atoms with E-state index in [1.807, 2.05) is 20.8 Å². The third-order valence-electron chi connectivity index (χ3n) is 1.33. The van der Waals surface area contributed by atoms with Gasteiger partial charge in [0.1, 0.15) is 0 Å². The summed E-state index contributed by atoms with van der Waals surface area (Å²) in [6.07, 6.45) is 6.90. The number of nitrogens with zero attached hydrogens (tertiary/aromatic N) is 3. The van der Waals surface area contributed by atoms with Gasteiger partial charge >= 0.3 is 0 Å². The van der Waals surface area contributed by atoms with Crippen LogP contribution < -0.4 is 0 Å². The van der Waals surface area contributed by atoms with Crippen molar-refractivity contribution in [2.45, 2.75) is 26.3 Å². The summed E-state index contributed by atoms with van der Waals surface area (Å²) in [5, 5.41) is 7.66. The van der Waals surface area contributed by atoms with Gasteiger partial charge < -0.3 is 0 Å². The van der Waals surface area contributed by atoms with E-state index < -0.39 is 0 Å². The molecular weight excluding hydrogens is 138 g/mol. The standard InChI is InChI=1S/C8H11N3/c1-5-7-6-11(10-9-7)8(2,3)4/h1,6H,2-4H3. The van der Waals surface area contributed by atoms with Crippen LogP contribution in [0.3, 0.4) is 0 Å². The van der Waals surface area contributed by atoms with E-state index >= 15 is 0 Å². The van der Waals surface area contributed by atoms with E-state index in [0.717, 1.165) is 0 Å². The highest BCUT2D eigenvalue weighted by Gasteiger charge is 2.13. The molecule has 1 aromatic rings. The molecule has 0 spiro atoms. The van der Waals surface area contributed by atoms with Gasteiger partial charge in [-0.15, -0.1) is 11.5 Å². The molecule has 0 aromatic carbocycles. The van der Waals surface area contributed by atoms with E-state index in [0.29, 0.717) is 5.69 Å². The maximum absolute atomic E-state index is 5.14. The lowest BCUT2D eigenvalue weighted by Gasteiger charge is -2.17. The van der Waals surface area contributed by atoms with Crippen molar-refractivity contribution < 1.29 is 0 Å². The summed E-state index contributed by atoms with van der Waals surface area (Å²) >= 11 is 0. The third-order valence-corrected chi connectivity index (χ3v) is 1.33. The molecule has 0 amide bonds. The molecule has 0 fully saturated rings. The molecule has 0 aliphatic rings. The van der Waals surface area contributed by atoms with Crippen molar-refractivity contribution in [3.63, 3.8) is 0 Å². The van der Waals surface area contributed by atoms with Crippen LogP contribution in [0.15, 0.2) is 6.20 Å². The molecule has 0 aliphatic heterocycles. The monoisotopic (exact) mass is 149 g/mol. The second-order valence-corrected chi connectivity index (χ2v) is 3.36. The van der Waals surface area contributed by atoms with Crippen molar-refractivity contribution in [3.8, 4) is 12.3 Å². The Morgan fingerprint density at radius 1 is 1.55 bits per heavy atom. The van der Waals surface area contributed by atoms with Crippen LogP contribution in [0.4, 0.5) is 0 Å². The van der Waals surface area contributed by atoms with Crippen molar-refractivity contribution in [1.29, 1.82) is 0 Å². The van der Waals surface area contributed by atoms with Crippen LogP contribution in [-0.2, 0) is 5.54 Å². The fraction of sp³-hybridized carbons (Fsp3) is 0.500. The maximum Gasteiger partial charge on any atom is 0.155 e. The van der Waals surface area contributed by atoms with E-state index in [4.69, 9.17) is 6.42 Å². The van der Waals surface area contributed by atoms with Crippen LogP contribution in [0.25, 0.3) is 0 Å². The zero-order valence-electron chi connectivity index (χ0n) is 7.00. The Hall–Kier alpha value is -1.30. The van der Waals surface area contributed by atoms with Gasteiger partial charge in [0.2, 0.25) is 0 Å². The number of terminal acetylenes is 1. The van der Waals surface area contributed by atoms with Crippen LogP contribution in [0.1, 0.15) is 26.5 Å². The number of rotatable bonds is 0. The van der Waals surface area contributed by atoms with Gasteiger partial charge in [0.05, 0.1) is 11.7 Å². The summed E-state index contributed by atoms with van der Waals surface area (Å²) in [6, 6.07) is 0. The van der Waals surface area contributed by atoms with Crippen molar-refractivity contribution in [2.75, 3.05) is 0 Å². The van der Waals surface area contributed by atoms with Gasteiger partial charge in [0.25, 0.3) is 0 Å². The molecule has 3 nitrogen and oxygen atoms in total. The van der Waals surface area contributed by atoms with Gasteiger partial charge in [-0.1, -0.05) is 5.21 Å². The SMILES string of the molecule is C#Cc1cn(C(C)(C)C)nn1. The Kier molecular flexibility index (Phi) is 1.69. The Morgan fingerprint density at radius 3 is 2.45 bits per heavy atom. The molecule has 0 N–H and O–H groups in total. The van der Waals surface area contributed by atoms with E-state index in [1.54, 1.807) is 10.9 Å². The van der Waals surface area contributed by atoms with E-state index in [1.165, 1.54) is 0 Å². The fourth-order valence-electron chi connectivity index (χ4n) is 0.658. The lowest BCUT2D eigenvalue weighted by atomic mass is 10.1. The van der Waals surface area contributed by atoms with Crippen molar-refractivity contribution in [3.05, 3.63) is 11.9 Å². The molecule has 1 heterocycles. The lowest BCUT2D eigenvalue weighted by Crippen LogP contribution is -2.22. The molecule has 3 heteroatoms. The molecule has 0 unspecified atom stereocenters. The van der Waals surface area contributed by atoms with Crippen LogP contribution >= 0.6 is 0 Å². The summed E-state index contributed by atoms with van der Waals surface area (Å²) in [5.74, 6) is 2.42. The summed E-state index contributed by atoms with van der Waals surface area (Å²) < 4.78 is 1.75. The number of hydrogen-bond acceptors (Lipinski definition) is 2. The van der Waals surface area contributed by atoms with Crippen LogP contribution in [-0.4, -0.2) is 15.0 Å². The second-order valence-electron chi connectivity index (χ2n) is 3.36. The average molecular weight is 149 g/mol. The van der Waals surface area contributed by atoms with Crippen LogP contribution in [0.5, 0.6) is 0 Å². The minimum Gasteiger partial charge on any atom is -0.246 e. The van der Waals surface area contributed by atoms with Gasteiger partial charge in [0.15, 0.2) is 5.69 Å². The Balaban J connectivity index is 3.01. The second kappa shape index (κ2) is 2.39. The molecule has 58 valence electrons. The van der Waals surface area contributed by atoms with Gasteiger partial charge in [-0.3, -0.25) is 0 Å². The summed E-state index contributed by atoms with van der Waals surface area (Å²) in [7, 11) is 0. The lowest BCUT2D eigenvalue weighted by molar-refractivity contribution is 0.347. The first-order valence-corrected chi connectivity index (χ1v) is 3.43. The van der Waals surface area contributed by atoms with E-state index in [-0.39, 0.29) is 5.54 Å². The Morgan fingerprint density at radius 2 is 2.18 bits per heavy atom. The average Bonchev–Trinajstić information content (AvgIpc) is 2.32. The highest BCUT2D eigenvalue weighted by Crippen LogP contribution is 2.10. The largest absolute Gasteiger partial charge is 0.246 e. The van der Waals surface area contributed by atoms with Gasteiger partial charge in [-0.2, -0.15) is 0 Å². The molecule has 0 radical (unpaired) electrons.